The van der Waals surface area contributed by atoms with Crippen molar-refractivity contribution in [3.63, 3.8) is 0 Å². The molecule has 7 heteroatoms. The van der Waals surface area contributed by atoms with Crippen LogP contribution in [0.25, 0.3) is 11.1 Å². The Balaban J connectivity index is 1.61. The highest BCUT2D eigenvalue weighted by Gasteiger charge is 2.17. The van der Waals surface area contributed by atoms with E-state index < -0.39 is 0 Å². The first-order valence-corrected chi connectivity index (χ1v) is 10.0. The molecule has 0 bridgehead atoms. The van der Waals surface area contributed by atoms with E-state index in [2.05, 4.69) is 9.97 Å². The average Bonchev–Trinajstić information content (AvgIpc) is 2.77. The topological polar surface area (TPSA) is 98.4 Å². The molecule has 29 heavy (non-hydrogen) atoms. The minimum atomic E-state index is -0.109. The van der Waals surface area contributed by atoms with Gasteiger partial charge in [0.15, 0.2) is 11.6 Å². The molecule has 1 fully saturated rings. The number of amides is 1. The smallest absolute Gasteiger partial charge is 0.236 e. The van der Waals surface area contributed by atoms with Crippen LogP contribution in [0.4, 0.5) is 0 Å². The van der Waals surface area contributed by atoms with Crippen LogP contribution in [-0.4, -0.2) is 53.4 Å². The molecule has 0 unspecified atom stereocenters. The highest BCUT2D eigenvalue weighted by Crippen LogP contribution is 2.22. The molecule has 0 atom stereocenters. The Morgan fingerprint density at radius 1 is 1.17 bits per heavy atom. The molecule has 1 amide bonds. The maximum atomic E-state index is 12.4. The lowest BCUT2D eigenvalue weighted by Crippen LogP contribution is -2.32. The number of ketones is 1. The van der Waals surface area contributed by atoms with Crippen molar-refractivity contribution < 1.29 is 14.3 Å². The predicted octanol–water partition coefficient (Wildman–Crippen LogP) is 2.45. The Bertz CT molecular complexity index is 832. The fraction of sp³-hybridized carbons (Fsp3) is 0.455. The second kappa shape index (κ2) is 10.2. The Morgan fingerprint density at radius 2 is 1.90 bits per heavy atom. The zero-order valence-corrected chi connectivity index (χ0v) is 16.8. The van der Waals surface area contributed by atoms with E-state index in [9.17, 15) is 9.59 Å². The van der Waals surface area contributed by atoms with Crippen LogP contribution < -0.4 is 5.73 Å². The summed E-state index contributed by atoms with van der Waals surface area (Å²) in [6.07, 6.45) is 6.75. The van der Waals surface area contributed by atoms with Gasteiger partial charge in [-0.05, 0) is 42.4 Å². The minimum Gasteiger partial charge on any atom is -0.381 e. The van der Waals surface area contributed by atoms with Crippen molar-refractivity contribution >= 4 is 11.7 Å². The Morgan fingerprint density at radius 3 is 2.59 bits per heavy atom. The standard InChI is InChI=1S/C22H28N4O3/c1-26(21(28)12-23)15-17-3-2-4-18(11-17)19-13-24-22(25-14-19)20(27)6-5-16-7-9-29-10-8-16/h2-4,11,13-14,16H,5-10,12,15,23H2,1H3. The van der Waals surface area contributed by atoms with Gasteiger partial charge in [0.25, 0.3) is 0 Å². The van der Waals surface area contributed by atoms with Crippen LogP contribution in [-0.2, 0) is 16.1 Å². The van der Waals surface area contributed by atoms with Crippen molar-refractivity contribution in [2.75, 3.05) is 26.8 Å². The van der Waals surface area contributed by atoms with Gasteiger partial charge in [0.1, 0.15) is 0 Å². The first-order chi connectivity index (χ1) is 14.1. The monoisotopic (exact) mass is 396 g/mol. The maximum absolute atomic E-state index is 12.4. The van der Waals surface area contributed by atoms with E-state index in [4.69, 9.17) is 10.5 Å². The van der Waals surface area contributed by atoms with Gasteiger partial charge >= 0.3 is 0 Å². The molecular weight excluding hydrogens is 368 g/mol. The van der Waals surface area contributed by atoms with Crippen LogP contribution in [0, 0.1) is 5.92 Å². The summed E-state index contributed by atoms with van der Waals surface area (Å²) in [6, 6.07) is 7.84. The lowest BCUT2D eigenvalue weighted by Gasteiger charge is -2.21. The van der Waals surface area contributed by atoms with E-state index >= 15 is 0 Å². The van der Waals surface area contributed by atoms with Crippen molar-refractivity contribution in [2.45, 2.75) is 32.2 Å². The van der Waals surface area contributed by atoms with Gasteiger partial charge in [0.2, 0.25) is 5.91 Å². The fourth-order valence-electron chi connectivity index (χ4n) is 3.47. The SMILES string of the molecule is CN(Cc1cccc(-c2cnc(C(=O)CCC3CCOCC3)nc2)c1)C(=O)CN. The van der Waals surface area contributed by atoms with E-state index in [1.165, 1.54) is 0 Å². The molecular formula is C22H28N4O3. The molecule has 0 aliphatic carbocycles. The van der Waals surface area contributed by atoms with Crippen molar-refractivity contribution in [3.8, 4) is 11.1 Å². The van der Waals surface area contributed by atoms with Gasteiger partial charge in [-0.25, -0.2) is 9.97 Å². The number of carbonyl (C=O) groups excluding carboxylic acids is 2. The summed E-state index contributed by atoms with van der Waals surface area (Å²) >= 11 is 0. The lowest BCUT2D eigenvalue weighted by atomic mass is 9.94. The van der Waals surface area contributed by atoms with Crippen molar-refractivity contribution in [2.24, 2.45) is 11.7 Å². The molecule has 0 radical (unpaired) electrons. The van der Waals surface area contributed by atoms with Crippen LogP contribution in [0.1, 0.15) is 41.9 Å². The van der Waals surface area contributed by atoms with Crippen molar-refractivity contribution in [1.29, 1.82) is 0 Å². The number of Topliss-reactive ketones (excluding diaryl/α,β-unsaturated/α-hetero) is 1. The molecule has 0 spiro atoms. The first-order valence-electron chi connectivity index (χ1n) is 10.0. The first kappa shape index (κ1) is 21.1. The van der Waals surface area contributed by atoms with E-state index in [1.54, 1.807) is 24.3 Å². The number of hydrogen-bond acceptors (Lipinski definition) is 6. The zero-order chi connectivity index (χ0) is 20.6. The normalized spacial score (nSPS) is 14.6. The quantitative estimate of drug-likeness (QED) is 0.688. The van der Waals surface area contributed by atoms with Gasteiger partial charge in [-0.1, -0.05) is 18.2 Å². The molecule has 1 aromatic carbocycles. The molecule has 3 rings (SSSR count). The van der Waals surface area contributed by atoms with Gasteiger partial charge in [-0.3, -0.25) is 9.59 Å². The molecule has 1 aromatic heterocycles. The van der Waals surface area contributed by atoms with Gasteiger partial charge < -0.3 is 15.4 Å². The Kier molecular flexibility index (Phi) is 7.43. The van der Waals surface area contributed by atoms with E-state index in [1.807, 2.05) is 24.3 Å². The summed E-state index contributed by atoms with van der Waals surface area (Å²) < 4.78 is 5.36. The molecule has 2 N–H and O–H groups in total. The van der Waals surface area contributed by atoms with Crippen LogP contribution in [0.15, 0.2) is 36.7 Å². The summed E-state index contributed by atoms with van der Waals surface area (Å²) in [7, 11) is 1.73. The Labute approximate surface area is 171 Å². The number of aromatic nitrogens is 2. The number of carbonyl (C=O) groups is 2. The maximum Gasteiger partial charge on any atom is 0.236 e. The average molecular weight is 396 g/mol. The molecule has 7 nitrogen and oxygen atoms in total. The third-order valence-electron chi connectivity index (χ3n) is 5.30. The van der Waals surface area contributed by atoms with Crippen LogP contribution in [0.5, 0.6) is 0 Å². The number of rotatable bonds is 8. The zero-order valence-electron chi connectivity index (χ0n) is 16.8. The minimum absolute atomic E-state index is 0.00591. The number of hydrogen-bond donors (Lipinski definition) is 1. The molecule has 1 aliphatic heterocycles. The number of nitrogens with zero attached hydrogens (tertiary/aromatic N) is 3. The molecule has 1 saturated heterocycles. The van der Waals surface area contributed by atoms with Gasteiger partial charge in [0, 0.05) is 51.2 Å². The molecule has 154 valence electrons. The van der Waals surface area contributed by atoms with Gasteiger partial charge in [-0.2, -0.15) is 0 Å². The molecule has 0 saturated carbocycles. The molecule has 1 aliphatic rings. The molecule has 2 heterocycles. The summed E-state index contributed by atoms with van der Waals surface area (Å²) in [6.45, 7) is 2.06. The lowest BCUT2D eigenvalue weighted by molar-refractivity contribution is -0.128. The third-order valence-corrected chi connectivity index (χ3v) is 5.30. The van der Waals surface area contributed by atoms with Crippen LogP contribution in [0.2, 0.25) is 0 Å². The van der Waals surface area contributed by atoms with E-state index in [0.717, 1.165) is 49.2 Å². The van der Waals surface area contributed by atoms with Gasteiger partial charge in [-0.15, -0.1) is 0 Å². The highest BCUT2D eigenvalue weighted by atomic mass is 16.5. The van der Waals surface area contributed by atoms with Crippen molar-refractivity contribution in [3.05, 3.63) is 48.0 Å². The number of ether oxygens (including phenoxy) is 1. The summed E-state index contributed by atoms with van der Waals surface area (Å²) in [4.78, 5) is 34.2. The summed E-state index contributed by atoms with van der Waals surface area (Å²) in [5.41, 5.74) is 8.17. The van der Waals surface area contributed by atoms with Crippen LogP contribution in [0.3, 0.4) is 0 Å². The largest absolute Gasteiger partial charge is 0.381 e. The summed E-state index contributed by atoms with van der Waals surface area (Å²) in [5.74, 6) is 0.699. The third kappa shape index (κ3) is 5.92. The van der Waals surface area contributed by atoms with Crippen LogP contribution >= 0.6 is 0 Å². The second-order valence-electron chi connectivity index (χ2n) is 7.47. The summed E-state index contributed by atoms with van der Waals surface area (Å²) in [5, 5.41) is 0. The highest BCUT2D eigenvalue weighted by molar-refractivity contribution is 5.92. The number of nitrogens with two attached hydrogens (primary N) is 1. The predicted molar refractivity (Wildman–Crippen MR) is 110 cm³/mol. The van der Waals surface area contributed by atoms with Crippen molar-refractivity contribution in [1.82, 2.24) is 14.9 Å². The molecule has 2 aromatic rings. The fourth-order valence-corrected chi connectivity index (χ4v) is 3.47. The number of likely N-dealkylation sites (N-methyl/N-ethyl adjacent to an activating group) is 1. The number of benzene rings is 1. The van der Waals surface area contributed by atoms with Gasteiger partial charge in [0.05, 0.1) is 6.54 Å². The van der Waals surface area contributed by atoms with E-state index in [-0.39, 0.29) is 24.1 Å². The Hall–Kier alpha value is -2.64. The second-order valence-corrected chi connectivity index (χ2v) is 7.47. The van der Waals surface area contributed by atoms with E-state index in [0.29, 0.717) is 18.9 Å².